The van der Waals surface area contributed by atoms with Crippen LogP contribution in [0.2, 0.25) is 0 Å². The highest BCUT2D eigenvalue weighted by molar-refractivity contribution is 5.70. The van der Waals surface area contributed by atoms with Gasteiger partial charge in [0, 0.05) is 19.3 Å². The molecule has 0 radical (unpaired) electrons. The number of carbonyl (C=O) groups is 3. The van der Waals surface area contributed by atoms with Crippen molar-refractivity contribution in [3.8, 4) is 0 Å². The molecule has 0 amide bonds. The Kier molecular flexibility index (Phi) is 47.4. The number of unbranched alkanes of at least 4 members (excludes halogenated alkanes) is 15. The van der Waals surface area contributed by atoms with Crippen molar-refractivity contribution in [1.29, 1.82) is 0 Å². The van der Waals surface area contributed by atoms with Crippen molar-refractivity contribution in [3.05, 3.63) is 109 Å². The van der Waals surface area contributed by atoms with Gasteiger partial charge in [-0.2, -0.15) is 0 Å². The average molecular weight is 917 g/mol. The summed E-state index contributed by atoms with van der Waals surface area (Å²) >= 11 is 0. The second kappa shape index (κ2) is 50.4. The molecule has 0 saturated carbocycles. The topological polar surface area (TPSA) is 99.1 Å². The van der Waals surface area contributed by atoms with Crippen molar-refractivity contribution in [2.45, 2.75) is 213 Å². The van der Waals surface area contributed by atoms with Gasteiger partial charge in [-0.1, -0.05) is 188 Å². The van der Waals surface area contributed by atoms with E-state index in [9.17, 15) is 19.5 Å². The molecule has 0 aliphatic heterocycles. The minimum absolute atomic E-state index is 0.193. The lowest BCUT2D eigenvalue weighted by molar-refractivity contribution is -0.165. The third-order valence-electron chi connectivity index (χ3n) is 11.0. The van der Waals surface area contributed by atoms with E-state index in [0.29, 0.717) is 0 Å². The Balaban J connectivity index is 4.72. The van der Waals surface area contributed by atoms with Crippen LogP contribution in [0.1, 0.15) is 213 Å². The van der Waals surface area contributed by atoms with Gasteiger partial charge >= 0.3 is 17.9 Å². The first-order chi connectivity index (χ1) is 32.4. The van der Waals surface area contributed by atoms with E-state index in [1.54, 1.807) is 0 Å². The number of aliphatic hydroxyl groups excluding tert-OH is 1. The van der Waals surface area contributed by atoms with Crippen LogP contribution in [0.5, 0.6) is 0 Å². The van der Waals surface area contributed by atoms with Gasteiger partial charge in [-0.15, -0.1) is 0 Å². The van der Waals surface area contributed by atoms with Crippen LogP contribution in [0.25, 0.3) is 0 Å². The monoisotopic (exact) mass is 917 g/mol. The Labute approximate surface area is 404 Å². The molecule has 0 aromatic carbocycles. The number of rotatable bonds is 46. The second-order valence-corrected chi connectivity index (χ2v) is 17.4. The molecule has 0 aromatic heterocycles. The second-order valence-electron chi connectivity index (χ2n) is 17.4. The average Bonchev–Trinajstić information content (AvgIpc) is 3.32. The van der Waals surface area contributed by atoms with Crippen LogP contribution < -0.4 is 0 Å². The van der Waals surface area contributed by atoms with E-state index in [2.05, 4.69) is 130 Å². The van der Waals surface area contributed by atoms with Crippen LogP contribution in [-0.4, -0.2) is 49.4 Å². The van der Waals surface area contributed by atoms with E-state index in [-0.39, 0.29) is 57.0 Å². The summed E-state index contributed by atoms with van der Waals surface area (Å²) in [6.07, 6.45) is 67.8. The first kappa shape index (κ1) is 62.0. The van der Waals surface area contributed by atoms with Gasteiger partial charge in [-0.05, 0) is 116 Å². The fraction of sp³-hybridized carbons (Fsp3) is 0.644. The van der Waals surface area contributed by atoms with Crippen LogP contribution in [0.4, 0.5) is 0 Å². The van der Waals surface area contributed by atoms with Gasteiger partial charge in [0.1, 0.15) is 19.8 Å². The molecule has 0 aliphatic rings. The van der Waals surface area contributed by atoms with Crippen molar-refractivity contribution < 1.29 is 33.7 Å². The maximum atomic E-state index is 12.8. The summed E-state index contributed by atoms with van der Waals surface area (Å²) in [5.41, 5.74) is -1.22. The van der Waals surface area contributed by atoms with Crippen LogP contribution in [0.3, 0.4) is 0 Å². The number of carbonyl (C=O) groups excluding carboxylic acids is 3. The van der Waals surface area contributed by atoms with Gasteiger partial charge < -0.3 is 19.3 Å². The summed E-state index contributed by atoms with van der Waals surface area (Å²) in [5.74, 6) is -1.09. The molecule has 0 bridgehead atoms. The molecule has 0 heterocycles. The molecule has 66 heavy (non-hydrogen) atoms. The lowest BCUT2D eigenvalue weighted by Crippen LogP contribution is -2.42. The number of ether oxygens (including phenoxy) is 3. The van der Waals surface area contributed by atoms with Crippen LogP contribution in [0, 0.1) is 5.41 Å². The maximum absolute atomic E-state index is 12.8. The van der Waals surface area contributed by atoms with E-state index < -0.39 is 12.0 Å². The van der Waals surface area contributed by atoms with Crippen LogP contribution in [0.15, 0.2) is 109 Å². The standard InChI is InChI=1S/C59H96O7/c1-4-7-10-13-16-19-22-25-28-31-34-37-40-43-46-49-56(61)64-53-59(52-60,54-65-57(62)50-47-44-41-38-35-32-29-26-23-20-17-14-11-8-5-2)55-66-58(63)51-48-45-42-39-36-33-30-27-24-21-18-15-12-9-6-3/h7-12,16-21,25-30,60H,4-6,13-15,22-24,31-55H2,1-3H3/b10-7-,11-8-,12-9-,19-16-,20-17-,21-18-,28-25-,29-26-,30-27-. The first-order valence-electron chi connectivity index (χ1n) is 26.4. The van der Waals surface area contributed by atoms with Crippen LogP contribution >= 0.6 is 0 Å². The number of hydrogen-bond donors (Lipinski definition) is 1. The van der Waals surface area contributed by atoms with E-state index in [1.165, 1.54) is 0 Å². The van der Waals surface area contributed by atoms with Crippen molar-refractivity contribution in [2.75, 3.05) is 26.4 Å². The van der Waals surface area contributed by atoms with Crippen molar-refractivity contribution >= 4 is 17.9 Å². The van der Waals surface area contributed by atoms with Gasteiger partial charge in [0.15, 0.2) is 0 Å². The predicted molar refractivity (Wildman–Crippen MR) is 280 cm³/mol. The maximum Gasteiger partial charge on any atom is 0.305 e. The van der Waals surface area contributed by atoms with E-state index >= 15 is 0 Å². The van der Waals surface area contributed by atoms with E-state index in [4.69, 9.17) is 14.2 Å². The zero-order valence-electron chi connectivity index (χ0n) is 42.3. The highest BCUT2D eigenvalue weighted by Crippen LogP contribution is 2.22. The summed E-state index contributed by atoms with van der Waals surface area (Å²) < 4.78 is 16.9. The van der Waals surface area contributed by atoms with Crippen LogP contribution in [-0.2, 0) is 28.6 Å². The predicted octanol–water partition coefficient (Wildman–Crippen LogP) is 16.4. The molecular weight excluding hydrogens is 821 g/mol. The van der Waals surface area contributed by atoms with Crippen molar-refractivity contribution in [2.24, 2.45) is 5.41 Å². The molecular formula is C59H96O7. The van der Waals surface area contributed by atoms with Gasteiger partial charge in [0.2, 0.25) is 0 Å². The Hall–Kier alpha value is -3.97. The zero-order chi connectivity index (χ0) is 48.1. The molecule has 0 saturated heterocycles. The fourth-order valence-corrected chi connectivity index (χ4v) is 6.84. The number of hydrogen-bond acceptors (Lipinski definition) is 7. The molecule has 0 aliphatic carbocycles. The summed E-state index contributed by atoms with van der Waals surface area (Å²) in [7, 11) is 0. The quantitative estimate of drug-likeness (QED) is 0.0281. The molecule has 7 heteroatoms. The largest absolute Gasteiger partial charge is 0.465 e. The van der Waals surface area contributed by atoms with Crippen molar-refractivity contribution in [3.63, 3.8) is 0 Å². The van der Waals surface area contributed by atoms with Gasteiger partial charge in [-0.3, -0.25) is 14.4 Å². The number of esters is 3. The normalized spacial score (nSPS) is 12.7. The lowest BCUT2D eigenvalue weighted by atomic mass is 9.92. The highest BCUT2D eigenvalue weighted by atomic mass is 16.6. The molecule has 0 unspecified atom stereocenters. The Morgan fingerprint density at radius 3 is 0.818 bits per heavy atom. The minimum Gasteiger partial charge on any atom is -0.465 e. The SMILES string of the molecule is CC/C=C\C/C=C\C/C=C\CCCCCCCC(=O)OCC(CO)(COC(=O)CCCCCCC/C=C\C/C=C\C/C=C\CC)COC(=O)CCCCCCC/C=C\C/C=C\C/C=C\CC. The number of allylic oxidation sites excluding steroid dienone is 18. The van der Waals surface area contributed by atoms with E-state index in [1.807, 2.05) is 0 Å². The van der Waals surface area contributed by atoms with E-state index in [0.717, 1.165) is 173 Å². The zero-order valence-corrected chi connectivity index (χ0v) is 42.3. The minimum atomic E-state index is -1.22. The lowest BCUT2D eigenvalue weighted by Gasteiger charge is -2.30. The fourth-order valence-electron chi connectivity index (χ4n) is 6.84. The van der Waals surface area contributed by atoms with Gasteiger partial charge in [-0.25, -0.2) is 0 Å². The summed E-state index contributed by atoms with van der Waals surface area (Å²) in [6.45, 7) is 5.40. The third kappa shape index (κ3) is 45.2. The Bertz CT molecular complexity index is 1240. The molecule has 7 nitrogen and oxygen atoms in total. The molecule has 0 aromatic rings. The van der Waals surface area contributed by atoms with Gasteiger partial charge in [0.05, 0.1) is 12.0 Å². The summed E-state index contributed by atoms with van der Waals surface area (Å²) in [4.78, 5) is 38.4. The van der Waals surface area contributed by atoms with Crippen molar-refractivity contribution in [1.82, 2.24) is 0 Å². The Morgan fingerprint density at radius 1 is 0.333 bits per heavy atom. The molecule has 0 atom stereocenters. The molecule has 374 valence electrons. The summed E-state index contributed by atoms with van der Waals surface area (Å²) in [6, 6.07) is 0. The highest BCUT2D eigenvalue weighted by Gasteiger charge is 2.35. The summed E-state index contributed by atoms with van der Waals surface area (Å²) in [5, 5.41) is 10.6. The first-order valence-corrected chi connectivity index (χ1v) is 26.4. The molecule has 1 N–H and O–H groups in total. The van der Waals surface area contributed by atoms with Gasteiger partial charge in [0.25, 0.3) is 0 Å². The smallest absolute Gasteiger partial charge is 0.305 e. The number of aliphatic hydroxyl groups is 1. The Morgan fingerprint density at radius 2 is 0.561 bits per heavy atom. The third-order valence-corrected chi connectivity index (χ3v) is 11.0. The molecule has 0 fully saturated rings. The molecule has 0 spiro atoms. The molecule has 0 rings (SSSR count).